The van der Waals surface area contributed by atoms with Gasteiger partial charge in [0, 0.05) is 6.04 Å². The topological polar surface area (TPSA) is 98.6 Å². The molecule has 2 amide bonds. The fourth-order valence-electron chi connectivity index (χ4n) is 1.72. The molecular formula is C13H19N3O3. The number of ether oxygens (including phenoxy) is 1. The summed E-state index contributed by atoms with van der Waals surface area (Å²) in [7, 11) is 1.48. The lowest BCUT2D eigenvalue weighted by atomic mass is 10.1. The third kappa shape index (κ3) is 3.37. The fourth-order valence-corrected chi connectivity index (χ4v) is 1.72. The molecule has 0 aliphatic rings. The fraction of sp³-hybridized carbons (Fsp3) is 0.385. The van der Waals surface area contributed by atoms with Crippen molar-refractivity contribution in [3.63, 3.8) is 0 Å². The maximum absolute atomic E-state index is 12.4. The van der Waals surface area contributed by atoms with Crippen molar-refractivity contribution in [1.29, 1.82) is 0 Å². The molecule has 4 N–H and O–H groups in total. The van der Waals surface area contributed by atoms with E-state index in [1.54, 1.807) is 32.0 Å². The summed E-state index contributed by atoms with van der Waals surface area (Å²) in [4.78, 5) is 24.8. The summed E-state index contributed by atoms with van der Waals surface area (Å²) >= 11 is 0. The normalized spacial score (nSPS) is 10.3. The smallest absolute Gasteiger partial charge is 0.256 e. The molecule has 0 aromatic heterocycles. The average Bonchev–Trinajstić information content (AvgIpc) is 2.35. The monoisotopic (exact) mass is 265 g/mol. The van der Waals surface area contributed by atoms with E-state index in [1.807, 2.05) is 0 Å². The predicted molar refractivity (Wildman–Crippen MR) is 72.8 cm³/mol. The van der Waals surface area contributed by atoms with Crippen LogP contribution in [0.3, 0.4) is 0 Å². The van der Waals surface area contributed by atoms with Crippen LogP contribution in [0.25, 0.3) is 0 Å². The largest absolute Gasteiger partial charge is 0.495 e. The first-order valence-electron chi connectivity index (χ1n) is 5.90. The number of hydrogen-bond acceptors (Lipinski definition) is 4. The molecule has 0 fully saturated rings. The number of anilines is 1. The van der Waals surface area contributed by atoms with Crippen LogP contribution in [-0.4, -0.2) is 36.4 Å². The van der Waals surface area contributed by atoms with E-state index in [1.165, 1.54) is 12.0 Å². The molecule has 0 unspecified atom stereocenters. The number of nitrogen functional groups attached to an aromatic ring is 1. The first kappa shape index (κ1) is 14.8. The standard InChI is InChI=1S/C13H19N3O3/c1-8(2)16(7-11(14)17)13(18)9-5-4-6-10(19-3)12(9)15/h4-6,8H,7,15H2,1-3H3,(H2,14,17). The minimum absolute atomic E-state index is 0.146. The Morgan fingerprint density at radius 2 is 2.00 bits per heavy atom. The van der Waals surface area contributed by atoms with Crippen molar-refractivity contribution < 1.29 is 14.3 Å². The van der Waals surface area contributed by atoms with Crippen molar-refractivity contribution in [2.75, 3.05) is 19.4 Å². The van der Waals surface area contributed by atoms with Gasteiger partial charge in [0.1, 0.15) is 5.75 Å². The van der Waals surface area contributed by atoms with Crippen LogP contribution < -0.4 is 16.2 Å². The average molecular weight is 265 g/mol. The molecule has 0 spiro atoms. The van der Waals surface area contributed by atoms with Gasteiger partial charge in [0.05, 0.1) is 24.9 Å². The Bertz CT molecular complexity index is 486. The number of carbonyl (C=O) groups is 2. The van der Waals surface area contributed by atoms with Gasteiger partial charge in [-0.15, -0.1) is 0 Å². The molecule has 6 nitrogen and oxygen atoms in total. The number of hydrogen-bond donors (Lipinski definition) is 2. The molecule has 6 heteroatoms. The molecule has 0 aliphatic heterocycles. The maximum atomic E-state index is 12.4. The number of primary amides is 1. The third-order valence-electron chi connectivity index (χ3n) is 2.73. The number of nitrogens with two attached hydrogens (primary N) is 2. The van der Waals surface area contributed by atoms with Crippen molar-refractivity contribution >= 4 is 17.5 Å². The van der Waals surface area contributed by atoms with Crippen molar-refractivity contribution in [2.24, 2.45) is 5.73 Å². The molecule has 0 saturated heterocycles. The molecule has 0 heterocycles. The number of carbonyl (C=O) groups excluding carboxylic acids is 2. The highest BCUT2D eigenvalue weighted by Crippen LogP contribution is 2.26. The van der Waals surface area contributed by atoms with E-state index in [-0.39, 0.29) is 24.2 Å². The van der Waals surface area contributed by atoms with Crippen LogP contribution in [0, 0.1) is 0 Å². The molecule has 104 valence electrons. The van der Waals surface area contributed by atoms with E-state index in [9.17, 15) is 9.59 Å². The number of para-hydroxylation sites is 1. The second-order valence-electron chi connectivity index (χ2n) is 4.41. The van der Waals surface area contributed by atoms with Crippen LogP contribution in [0.4, 0.5) is 5.69 Å². The highest BCUT2D eigenvalue weighted by atomic mass is 16.5. The van der Waals surface area contributed by atoms with Gasteiger partial charge in [0.2, 0.25) is 5.91 Å². The summed E-state index contributed by atoms with van der Waals surface area (Å²) in [6.07, 6.45) is 0. The number of amides is 2. The van der Waals surface area contributed by atoms with Gasteiger partial charge in [0.25, 0.3) is 5.91 Å². The quantitative estimate of drug-likeness (QED) is 0.762. The third-order valence-corrected chi connectivity index (χ3v) is 2.73. The Morgan fingerprint density at radius 1 is 1.37 bits per heavy atom. The van der Waals surface area contributed by atoms with Crippen LogP contribution >= 0.6 is 0 Å². The summed E-state index contributed by atoms with van der Waals surface area (Å²) in [5.74, 6) is -0.484. The lowest BCUT2D eigenvalue weighted by Gasteiger charge is -2.26. The van der Waals surface area contributed by atoms with Crippen LogP contribution in [0.15, 0.2) is 18.2 Å². The summed E-state index contributed by atoms with van der Waals surface area (Å²) in [6, 6.07) is 4.77. The molecule has 0 saturated carbocycles. The molecule has 1 aromatic rings. The molecule has 0 atom stereocenters. The van der Waals surface area contributed by atoms with E-state index in [2.05, 4.69) is 0 Å². The Hall–Kier alpha value is -2.24. The minimum atomic E-state index is -0.566. The van der Waals surface area contributed by atoms with Gasteiger partial charge in [0.15, 0.2) is 0 Å². The molecule has 19 heavy (non-hydrogen) atoms. The zero-order valence-corrected chi connectivity index (χ0v) is 11.3. The summed E-state index contributed by atoms with van der Waals surface area (Å²) in [6.45, 7) is 3.46. The number of rotatable bonds is 5. The second kappa shape index (κ2) is 6.08. The first-order chi connectivity index (χ1) is 8.88. The highest BCUT2D eigenvalue weighted by molar-refractivity contribution is 6.01. The molecule has 1 aromatic carbocycles. The maximum Gasteiger partial charge on any atom is 0.256 e. The molecule has 1 rings (SSSR count). The Kier molecular flexibility index (Phi) is 4.74. The van der Waals surface area contributed by atoms with Crippen molar-refractivity contribution in [1.82, 2.24) is 4.90 Å². The van der Waals surface area contributed by atoms with Gasteiger partial charge in [-0.2, -0.15) is 0 Å². The van der Waals surface area contributed by atoms with Crippen LogP contribution in [0.5, 0.6) is 5.75 Å². The van der Waals surface area contributed by atoms with Crippen LogP contribution in [0.1, 0.15) is 24.2 Å². The van der Waals surface area contributed by atoms with Gasteiger partial charge in [-0.1, -0.05) is 6.07 Å². The number of benzene rings is 1. The lowest BCUT2D eigenvalue weighted by Crippen LogP contribution is -2.43. The Morgan fingerprint density at radius 3 is 2.47 bits per heavy atom. The molecule has 0 radical (unpaired) electrons. The molecule has 0 bridgehead atoms. The first-order valence-corrected chi connectivity index (χ1v) is 5.90. The number of methoxy groups -OCH3 is 1. The van der Waals surface area contributed by atoms with Gasteiger partial charge >= 0.3 is 0 Å². The molecule has 0 aliphatic carbocycles. The predicted octanol–water partition coefficient (Wildman–Crippen LogP) is 0.613. The van der Waals surface area contributed by atoms with E-state index in [0.29, 0.717) is 11.3 Å². The van der Waals surface area contributed by atoms with Crippen molar-refractivity contribution in [2.45, 2.75) is 19.9 Å². The Labute approximate surface area is 112 Å². The van der Waals surface area contributed by atoms with Gasteiger partial charge in [-0.3, -0.25) is 9.59 Å². The van der Waals surface area contributed by atoms with Gasteiger partial charge in [-0.25, -0.2) is 0 Å². The minimum Gasteiger partial charge on any atom is -0.495 e. The SMILES string of the molecule is COc1cccc(C(=O)N(CC(N)=O)C(C)C)c1N. The van der Waals surface area contributed by atoms with Gasteiger partial charge in [-0.05, 0) is 26.0 Å². The highest BCUT2D eigenvalue weighted by Gasteiger charge is 2.23. The lowest BCUT2D eigenvalue weighted by molar-refractivity contribution is -0.119. The van der Waals surface area contributed by atoms with E-state index >= 15 is 0 Å². The van der Waals surface area contributed by atoms with Crippen LogP contribution in [-0.2, 0) is 4.79 Å². The van der Waals surface area contributed by atoms with Gasteiger partial charge < -0.3 is 21.1 Å². The van der Waals surface area contributed by atoms with Crippen molar-refractivity contribution in [3.05, 3.63) is 23.8 Å². The zero-order valence-electron chi connectivity index (χ0n) is 11.3. The number of nitrogens with zero attached hydrogens (tertiary/aromatic N) is 1. The summed E-state index contributed by atoms with van der Waals surface area (Å²) in [5, 5.41) is 0. The summed E-state index contributed by atoms with van der Waals surface area (Å²) < 4.78 is 5.07. The van der Waals surface area contributed by atoms with E-state index in [0.717, 1.165) is 0 Å². The molecular weight excluding hydrogens is 246 g/mol. The Balaban J connectivity index is 3.13. The second-order valence-corrected chi connectivity index (χ2v) is 4.41. The van der Waals surface area contributed by atoms with E-state index in [4.69, 9.17) is 16.2 Å². The summed E-state index contributed by atoms with van der Waals surface area (Å²) in [5.41, 5.74) is 11.6. The van der Waals surface area contributed by atoms with E-state index < -0.39 is 5.91 Å². The van der Waals surface area contributed by atoms with Crippen molar-refractivity contribution in [3.8, 4) is 5.75 Å². The zero-order chi connectivity index (χ0) is 14.6. The van der Waals surface area contributed by atoms with Crippen LogP contribution in [0.2, 0.25) is 0 Å².